The molecular formula is C12H20N2S. The van der Waals surface area contributed by atoms with Crippen LogP contribution in [0.5, 0.6) is 0 Å². The smallest absolute Gasteiger partial charge is 0.0541 e. The van der Waals surface area contributed by atoms with Crippen molar-refractivity contribution in [3.8, 4) is 0 Å². The maximum atomic E-state index is 4.26. The number of pyridine rings is 1. The second kappa shape index (κ2) is 8.74. The molecule has 0 saturated carbocycles. The quantitative estimate of drug-likeness (QED) is 0.687. The fourth-order valence-corrected chi connectivity index (χ4v) is 1.89. The van der Waals surface area contributed by atoms with E-state index in [2.05, 4.69) is 22.6 Å². The Balaban J connectivity index is 1.93. The molecule has 0 atom stereocenters. The van der Waals surface area contributed by atoms with Gasteiger partial charge in [0, 0.05) is 12.7 Å². The number of hydrogen-bond donors (Lipinski definition) is 1. The Morgan fingerprint density at radius 3 is 2.93 bits per heavy atom. The molecule has 0 unspecified atom stereocenters. The van der Waals surface area contributed by atoms with Crippen molar-refractivity contribution >= 4 is 11.8 Å². The first-order valence-electron chi connectivity index (χ1n) is 5.53. The molecule has 1 heterocycles. The molecule has 15 heavy (non-hydrogen) atoms. The summed E-state index contributed by atoms with van der Waals surface area (Å²) < 4.78 is 0. The fraction of sp³-hybridized carbons (Fsp3) is 0.583. The molecular weight excluding hydrogens is 204 g/mol. The Morgan fingerprint density at radius 2 is 2.20 bits per heavy atom. The lowest BCUT2D eigenvalue weighted by Gasteiger charge is -2.03. The van der Waals surface area contributed by atoms with E-state index in [1.165, 1.54) is 25.0 Å². The highest BCUT2D eigenvalue weighted by atomic mass is 32.2. The summed E-state index contributed by atoms with van der Waals surface area (Å²) in [5, 5.41) is 3.41. The molecule has 2 nitrogen and oxygen atoms in total. The van der Waals surface area contributed by atoms with E-state index < -0.39 is 0 Å². The summed E-state index contributed by atoms with van der Waals surface area (Å²) >= 11 is 1.93. The molecule has 0 aliphatic heterocycles. The van der Waals surface area contributed by atoms with E-state index in [0.29, 0.717) is 0 Å². The van der Waals surface area contributed by atoms with Crippen molar-refractivity contribution in [2.75, 3.05) is 18.6 Å². The minimum absolute atomic E-state index is 0.892. The summed E-state index contributed by atoms with van der Waals surface area (Å²) in [6, 6.07) is 6.04. The zero-order chi connectivity index (χ0) is 10.8. The number of aromatic nitrogens is 1. The minimum atomic E-state index is 0.892. The fourth-order valence-electron chi connectivity index (χ4n) is 1.39. The maximum Gasteiger partial charge on any atom is 0.0541 e. The Labute approximate surface area is 96.9 Å². The lowest BCUT2D eigenvalue weighted by Crippen LogP contribution is -2.15. The molecule has 0 aliphatic carbocycles. The number of unbranched alkanes of at least 4 members (excludes halogenated alkanes) is 2. The van der Waals surface area contributed by atoms with Crippen LogP contribution in [0, 0.1) is 0 Å². The average molecular weight is 224 g/mol. The van der Waals surface area contributed by atoms with Gasteiger partial charge >= 0.3 is 0 Å². The molecule has 0 saturated heterocycles. The zero-order valence-corrected chi connectivity index (χ0v) is 10.2. The molecule has 1 rings (SSSR count). The highest BCUT2D eigenvalue weighted by Crippen LogP contribution is 2.01. The minimum Gasteiger partial charge on any atom is -0.311 e. The van der Waals surface area contributed by atoms with Crippen LogP contribution in [0.4, 0.5) is 0 Å². The van der Waals surface area contributed by atoms with Crippen molar-refractivity contribution in [3.63, 3.8) is 0 Å². The normalized spacial score (nSPS) is 10.5. The lowest BCUT2D eigenvalue weighted by atomic mass is 10.2. The van der Waals surface area contributed by atoms with Gasteiger partial charge < -0.3 is 5.32 Å². The molecule has 0 aliphatic rings. The van der Waals surface area contributed by atoms with Crippen LogP contribution in [0.1, 0.15) is 25.0 Å². The van der Waals surface area contributed by atoms with Crippen LogP contribution >= 0.6 is 11.8 Å². The van der Waals surface area contributed by atoms with Crippen molar-refractivity contribution in [1.82, 2.24) is 10.3 Å². The third-order valence-electron chi connectivity index (χ3n) is 2.23. The molecule has 0 aromatic carbocycles. The molecule has 84 valence electrons. The topological polar surface area (TPSA) is 24.9 Å². The summed E-state index contributed by atoms with van der Waals surface area (Å²) in [6.07, 6.45) is 7.95. The van der Waals surface area contributed by atoms with Gasteiger partial charge in [0.2, 0.25) is 0 Å². The Kier molecular flexibility index (Phi) is 7.30. The Hall–Kier alpha value is -0.540. The zero-order valence-electron chi connectivity index (χ0n) is 9.41. The molecule has 3 heteroatoms. The number of thioether (sulfide) groups is 1. The molecule has 0 amide bonds. The maximum absolute atomic E-state index is 4.26. The molecule has 1 N–H and O–H groups in total. The number of hydrogen-bond acceptors (Lipinski definition) is 3. The summed E-state index contributed by atoms with van der Waals surface area (Å²) in [5.74, 6) is 1.29. The molecule has 1 aromatic rings. The lowest BCUT2D eigenvalue weighted by molar-refractivity contribution is 0.612. The first-order valence-corrected chi connectivity index (χ1v) is 6.92. The number of nitrogens with one attached hydrogen (secondary N) is 1. The molecule has 0 bridgehead atoms. The van der Waals surface area contributed by atoms with Gasteiger partial charge in [0.05, 0.1) is 5.69 Å². The third-order valence-corrected chi connectivity index (χ3v) is 2.93. The SMILES string of the molecule is CSCCCCCNCc1ccccn1. The highest BCUT2D eigenvalue weighted by molar-refractivity contribution is 7.98. The monoisotopic (exact) mass is 224 g/mol. The summed E-state index contributed by atoms with van der Waals surface area (Å²) in [7, 11) is 0. The second-order valence-electron chi connectivity index (χ2n) is 3.55. The summed E-state index contributed by atoms with van der Waals surface area (Å²) in [5.41, 5.74) is 1.13. The van der Waals surface area contributed by atoms with Gasteiger partial charge in [0.25, 0.3) is 0 Å². The van der Waals surface area contributed by atoms with Gasteiger partial charge in [-0.05, 0) is 43.5 Å². The van der Waals surface area contributed by atoms with Gasteiger partial charge in [-0.2, -0.15) is 11.8 Å². The van der Waals surface area contributed by atoms with E-state index in [1.807, 2.05) is 30.1 Å². The molecule has 0 fully saturated rings. The van der Waals surface area contributed by atoms with Crippen molar-refractivity contribution in [2.45, 2.75) is 25.8 Å². The van der Waals surface area contributed by atoms with E-state index in [1.54, 1.807) is 0 Å². The van der Waals surface area contributed by atoms with Crippen LogP contribution in [-0.4, -0.2) is 23.5 Å². The van der Waals surface area contributed by atoms with Crippen LogP contribution < -0.4 is 5.32 Å². The van der Waals surface area contributed by atoms with Crippen LogP contribution in [-0.2, 0) is 6.54 Å². The number of rotatable bonds is 8. The summed E-state index contributed by atoms with van der Waals surface area (Å²) in [6.45, 7) is 1.99. The molecule has 0 spiro atoms. The molecule has 0 radical (unpaired) electrons. The summed E-state index contributed by atoms with van der Waals surface area (Å²) in [4.78, 5) is 4.26. The highest BCUT2D eigenvalue weighted by Gasteiger charge is 1.92. The average Bonchev–Trinajstić information content (AvgIpc) is 2.29. The van der Waals surface area contributed by atoms with Crippen LogP contribution in [0.2, 0.25) is 0 Å². The number of nitrogens with zero attached hydrogens (tertiary/aromatic N) is 1. The Bertz CT molecular complexity index is 239. The van der Waals surface area contributed by atoms with E-state index in [0.717, 1.165) is 18.8 Å². The van der Waals surface area contributed by atoms with Crippen molar-refractivity contribution < 1.29 is 0 Å². The van der Waals surface area contributed by atoms with Crippen LogP contribution in [0.3, 0.4) is 0 Å². The van der Waals surface area contributed by atoms with Gasteiger partial charge in [-0.1, -0.05) is 12.5 Å². The predicted octanol–water partition coefficient (Wildman–Crippen LogP) is 2.70. The van der Waals surface area contributed by atoms with Gasteiger partial charge in [0.1, 0.15) is 0 Å². The van der Waals surface area contributed by atoms with Gasteiger partial charge in [-0.15, -0.1) is 0 Å². The van der Waals surface area contributed by atoms with Crippen molar-refractivity contribution in [3.05, 3.63) is 30.1 Å². The standard InChI is InChI=1S/C12H20N2S/c1-15-10-6-2-4-8-13-11-12-7-3-5-9-14-12/h3,5,7,9,13H,2,4,6,8,10-11H2,1H3. The third kappa shape index (κ3) is 6.52. The van der Waals surface area contributed by atoms with Crippen molar-refractivity contribution in [1.29, 1.82) is 0 Å². The van der Waals surface area contributed by atoms with Gasteiger partial charge in [0.15, 0.2) is 0 Å². The van der Waals surface area contributed by atoms with Crippen LogP contribution in [0.25, 0.3) is 0 Å². The molecule has 1 aromatic heterocycles. The first-order chi connectivity index (χ1) is 7.43. The van der Waals surface area contributed by atoms with E-state index in [-0.39, 0.29) is 0 Å². The van der Waals surface area contributed by atoms with E-state index in [9.17, 15) is 0 Å². The van der Waals surface area contributed by atoms with Gasteiger partial charge in [-0.3, -0.25) is 4.98 Å². The van der Waals surface area contributed by atoms with E-state index in [4.69, 9.17) is 0 Å². The largest absolute Gasteiger partial charge is 0.311 e. The second-order valence-corrected chi connectivity index (χ2v) is 4.54. The first kappa shape index (κ1) is 12.5. The van der Waals surface area contributed by atoms with Crippen LogP contribution in [0.15, 0.2) is 24.4 Å². The van der Waals surface area contributed by atoms with E-state index >= 15 is 0 Å². The predicted molar refractivity (Wildman–Crippen MR) is 68.2 cm³/mol. The van der Waals surface area contributed by atoms with Crippen molar-refractivity contribution in [2.24, 2.45) is 0 Å². The van der Waals surface area contributed by atoms with Gasteiger partial charge in [-0.25, -0.2) is 0 Å². The Morgan fingerprint density at radius 1 is 1.27 bits per heavy atom.